The number of aryl methyl sites for hydroxylation is 1. The maximum atomic E-state index is 10.7. The second-order valence-corrected chi connectivity index (χ2v) is 7.77. The predicted molar refractivity (Wildman–Crippen MR) is 113 cm³/mol. The molecule has 0 aromatic heterocycles. The van der Waals surface area contributed by atoms with Crippen LogP contribution in [0.1, 0.15) is 35.3 Å². The summed E-state index contributed by atoms with van der Waals surface area (Å²) >= 11 is 9.44. The Morgan fingerprint density at radius 3 is 2.08 bits per heavy atom. The number of halogens is 2. The lowest BCUT2D eigenvalue weighted by Crippen LogP contribution is -2.15. The molecule has 0 radical (unpaired) electrons. The van der Waals surface area contributed by atoms with Gasteiger partial charge in [-0.25, -0.2) is 0 Å². The average Bonchev–Trinajstić information content (AvgIpc) is 2.64. The molecule has 2 N–H and O–H groups in total. The molecule has 4 heteroatoms. The van der Waals surface area contributed by atoms with E-state index in [0.717, 1.165) is 21.3 Å². The van der Waals surface area contributed by atoms with Crippen molar-refractivity contribution in [2.45, 2.75) is 25.5 Å². The molecule has 2 nitrogen and oxygen atoms in total. The minimum atomic E-state index is -0.584. The summed E-state index contributed by atoms with van der Waals surface area (Å²) in [7, 11) is 0. The summed E-state index contributed by atoms with van der Waals surface area (Å²) in [6.45, 7) is 2.07. The molecule has 0 spiro atoms. The molecule has 0 aliphatic heterocycles. The Hall–Kier alpha value is -1.81. The number of aliphatic hydroxyl groups excluding tert-OH is 1. The molecule has 0 bridgehead atoms. The van der Waals surface area contributed by atoms with Crippen LogP contribution in [0.5, 0.6) is 0 Å². The number of rotatable bonds is 6. The number of hydrogen-bond acceptors (Lipinski definition) is 2. The zero-order valence-corrected chi connectivity index (χ0v) is 16.8. The molecule has 0 fully saturated rings. The lowest BCUT2D eigenvalue weighted by Gasteiger charge is -2.24. The van der Waals surface area contributed by atoms with Crippen molar-refractivity contribution < 1.29 is 5.11 Å². The van der Waals surface area contributed by atoms with Crippen LogP contribution in [0.4, 0.5) is 5.69 Å². The van der Waals surface area contributed by atoms with Gasteiger partial charge in [0, 0.05) is 21.6 Å². The highest BCUT2D eigenvalue weighted by atomic mass is 79.9. The Labute approximate surface area is 168 Å². The van der Waals surface area contributed by atoms with Crippen LogP contribution in [0.25, 0.3) is 0 Å². The number of benzene rings is 3. The van der Waals surface area contributed by atoms with Gasteiger partial charge in [0.05, 0.1) is 12.1 Å². The minimum Gasteiger partial charge on any atom is -0.388 e. The van der Waals surface area contributed by atoms with Crippen LogP contribution in [0.3, 0.4) is 0 Å². The maximum Gasteiger partial charge on any atom is 0.0813 e. The highest BCUT2D eigenvalue weighted by molar-refractivity contribution is 9.10. The third-order valence-corrected chi connectivity index (χ3v) is 5.16. The number of aliphatic hydroxyl groups is 1. The second kappa shape index (κ2) is 8.72. The molecule has 0 saturated carbocycles. The van der Waals surface area contributed by atoms with Gasteiger partial charge >= 0.3 is 0 Å². The Morgan fingerprint density at radius 1 is 0.885 bits per heavy atom. The smallest absolute Gasteiger partial charge is 0.0813 e. The molecule has 2 atom stereocenters. The van der Waals surface area contributed by atoms with Crippen LogP contribution in [0.15, 0.2) is 77.3 Å². The van der Waals surface area contributed by atoms with E-state index in [1.165, 1.54) is 5.56 Å². The molecule has 0 heterocycles. The summed E-state index contributed by atoms with van der Waals surface area (Å²) in [4.78, 5) is 0. The van der Waals surface area contributed by atoms with Crippen molar-refractivity contribution in [2.75, 3.05) is 5.32 Å². The lowest BCUT2D eigenvalue weighted by atomic mass is 9.96. The highest BCUT2D eigenvalue weighted by Gasteiger charge is 2.18. The van der Waals surface area contributed by atoms with E-state index < -0.39 is 6.10 Å². The quantitative estimate of drug-likeness (QED) is 0.456. The van der Waals surface area contributed by atoms with Crippen molar-refractivity contribution in [3.05, 3.63) is 99.0 Å². The van der Waals surface area contributed by atoms with Crippen LogP contribution in [0.2, 0.25) is 5.02 Å². The monoisotopic (exact) mass is 429 g/mol. The van der Waals surface area contributed by atoms with Crippen molar-refractivity contribution in [1.29, 1.82) is 0 Å². The van der Waals surface area contributed by atoms with Crippen molar-refractivity contribution in [3.63, 3.8) is 0 Å². The van der Waals surface area contributed by atoms with Crippen molar-refractivity contribution in [3.8, 4) is 0 Å². The van der Waals surface area contributed by atoms with E-state index in [9.17, 15) is 5.11 Å². The van der Waals surface area contributed by atoms with E-state index in [4.69, 9.17) is 11.6 Å². The summed E-state index contributed by atoms with van der Waals surface area (Å²) < 4.78 is 1.04. The van der Waals surface area contributed by atoms with Gasteiger partial charge in [-0.1, -0.05) is 69.5 Å². The molecule has 3 aromatic carbocycles. The first kappa shape index (κ1) is 19.0. The van der Waals surface area contributed by atoms with Gasteiger partial charge < -0.3 is 10.4 Å². The highest BCUT2D eigenvalue weighted by Crippen LogP contribution is 2.31. The van der Waals surface area contributed by atoms with Gasteiger partial charge in [-0.15, -0.1) is 0 Å². The number of anilines is 1. The number of nitrogens with one attached hydrogen (secondary N) is 1. The first-order valence-corrected chi connectivity index (χ1v) is 9.70. The summed E-state index contributed by atoms with van der Waals surface area (Å²) in [6, 6.07) is 23.8. The molecule has 0 aliphatic rings. The van der Waals surface area contributed by atoms with E-state index in [1.54, 1.807) is 0 Å². The third-order valence-electron chi connectivity index (χ3n) is 4.38. The Morgan fingerprint density at radius 2 is 1.46 bits per heavy atom. The fourth-order valence-corrected chi connectivity index (χ4v) is 3.26. The van der Waals surface area contributed by atoms with Gasteiger partial charge in [-0.3, -0.25) is 0 Å². The van der Waals surface area contributed by atoms with E-state index in [2.05, 4.69) is 64.6 Å². The Bertz CT molecular complexity index is 832. The van der Waals surface area contributed by atoms with Crippen molar-refractivity contribution >= 4 is 33.2 Å². The van der Waals surface area contributed by atoms with Gasteiger partial charge in [0.15, 0.2) is 0 Å². The second-order valence-electron chi connectivity index (χ2n) is 6.42. The van der Waals surface area contributed by atoms with E-state index in [1.807, 2.05) is 36.4 Å². The standard InChI is InChI=1S/C22H21BrClNO/c1-15-2-12-20(13-3-15)25-21(16-4-8-18(23)9-5-16)14-22(26)17-6-10-19(24)11-7-17/h2-13,21-22,25-26H,14H2,1H3. The molecule has 0 saturated heterocycles. The van der Waals surface area contributed by atoms with Crippen LogP contribution < -0.4 is 5.32 Å². The first-order valence-electron chi connectivity index (χ1n) is 8.53. The topological polar surface area (TPSA) is 32.3 Å². The zero-order valence-electron chi connectivity index (χ0n) is 14.5. The largest absolute Gasteiger partial charge is 0.388 e. The molecular weight excluding hydrogens is 410 g/mol. The molecule has 3 aromatic rings. The molecule has 0 amide bonds. The van der Waals surface area contributed by atoms with Crippen molar-refractivity contribution in [1.82, 2.24) is 0 Å². The normalized spacial score (nSPS) is 13.2. The SMILES string of the molecule is Cc1ccc(NC(CC(O)c2ccc(Cl)cc2)c2ccc(Br)cc2)cc1. The van der Waals surface area contributed by atoms with Gasteiger partial charge in [-0.2, -0.15) is 0 Å². The van der Waals surface area contributed by atoms with Gasteiger partial charge in [0.1, 0.15) is 0 Å². The zero-order chi connectivity index (χ0) is 18.5. The summed E-state index contributed by atoms with van der Waals surface area (Å²) in [5.41, 5.74) is 4.24. The first-order chi connectivity index (χ1) is 12.5. The van der Waals surface area contributed by atoms with Crippen LogP contribution >= 0.6 is 27.5 Å². The Kier molecular flexibility index (Phi) is 6.36. The Balaban J connectivity index is 1.83. The molecule has 3 rings (SSSR count). The fourth-order valence-electron chi connectivity index (χ4n) is 2.87. The molecule has 134 valence electrons. The molecular formula is C22H21BrClNO. The number of hydrogen-bond donors (Lipinski definition) is 2. The molecule has 2 unspecified atom stereocenters. The minimum absolute atomic E-state index is 0.0171. The molecule has 26 heavy (non-hydrogen) atoms. The van der Waals surface area contributed by atoms with E-state index >= 15 is 0 Å². The fraction of sp³-hybridized carbons (Fsp3) is 0.182. The maximum absolute atomic E-state index is 10.7. The summed E-state index contributed by atoms with van der Waals surface area (Å²) in [5, 5.41) is 14.9. The predicted octanol–water partition coefficient (Wildman–Crippen LogP) is 6.69. The lowest BCUT2D eigenvalue weighted by molar-refractivity contribution is 0.160. The average molecular weight is 431 g/mol. The molecule has 0 aliphatic carbocycles. The van der Waals surface area contributed by atoms with Gasteiger partial charge in [-0.05, 0) is 54.4 Å². The summed E-state index contributed by atoms with van der Waals surface area (Å²) in [5.74, 6) is 0. The van der Waals surface area contributed by atoms with Crippen LogP contribution in [0, 0.1) is 6.92 Å². The van der Waals surface area contributed by atoms with Gasteiger partial charge in [0.25, 0.3) is 0 Å². The van der Waals surface area contributed by atoms with Crippen LogP contribution in [-0.4, -0.2) is 5.11 Å². The van der Waals surface area contributed by atoms with Gasteiger partial charge in [0.2, 0.25) is 0 Å². The van der Waals surface area contributed by atoms with Crippen LogP contribution in [-0.2, 0) is 0 Å². The third kappa shape index (κ3) is 5.10. The van der Waals surface area contributed by atoms with E-state index in [0.29, 0.717) is 11.4 Å². The summed E-state index contributed by atoms with van der Waals surface area (Å²) in [6.07, 6.45) is -0.0317. The van der Waals surface area contributed by atoms with E-state index in [-0.39, 0.29) is 6.04 Å². The van der Waals surface area contributed by atoms with Crippen molar-refractivity contribution in [2.24, 2.45) is 0 Å².